The molecule has 1 unspecified atom stereocenters. The molecule has 0 saturated carbocycles. The molecule has 1 N–H and O–H groups in total. The molecule has 0 bridgehead atoms. The topological polar surface area (TPSA) is 57.6 Å². The van der Waals surface area contributed by atoms with Gasteiger partial charge < -0.3 is 10.0 Å². The van der Waals surface area contributed by atoms with E-state index >= 15 is 0 Å². The molecule has 0 aliphatic carbocycles. The third-order valence-corrected chi connectivity index (χ3v) is 4.54. The highest BCUT2D eigenvalue weighted by molar-refractivity contribution is 7.99. The minimum absolute atomic E-state index is 0.0347. The van der Waals surface area contributed by atoms with Crippen molar-refractivity contribution in [3.63, 3.8) is 0 Å². The molecule has 21 heavy (non-hydrogen) atoms. The van der Waals surface area contributed by atoms with E-state index in [-0.39, 0.29) is 18.4 Å². The predicted molar refractivity (Wildman–Crippen MR) is 83.7 cm³/mol. The average Bonchev–Trinajstić information content (AvgIpc) is 2.85. The SMILES string of the molecule is CC(C)Sc1ccc(C(=O)N2CCCC2CC(=O)O)cc1. The molecule has 1 aromatic rings. The number of carboxylic acids is 1. The Bertz CT molecular complexity index is 513. The number of nitrogens with zero attached hydrogens (tertiary/aromatic N) is 1. The summed E-state index contributed by atoms with van der Waals surface area (Å²) in [6.07, 6.45) is 1.69. The Kier molecular flexibility index (Phi) is 5.28. The van der Waals surface area contributed by atoms with Gasteiger partial charge in [-0.2, -0.15) is 0 Å². The molecule has 5 heteroatoms. The zero-order chi connectivity index (χ0) is 15.4. The summed E-state index contributed by atoms with van der Waals surface area (Å²) in [4.78, 5) is 26.2. The lowest BCUT2D eigenvalue weighted by atomic mass is 10.1. The second-order valence-corrected chi connectivity index (χ2v) is 7.23. The molecule has 0 aromatic heterocycles. The number of carbonyl (C=O) groups excluding carboxylic acids is 1. The van der Waals surface area contributed by atoms with E-state index in [4.69, 9.17) is 5.11 Å². The number of hydrogen-bond acceptors (Lipinski definition) is 3. The van der Waals surface area contributed by atoms with Crippen LogP contribution in [0.25, 0.3) is 0 Å². The van der Waals surface area contributed by atoms with Crippen molar-refractivity contribution >= 4 is 23.6 Å². The molecule has 114 valence electrons. The lowest BCUT2D eigenvalue weighted by Crippen LogP contribution is -2.36. The number of likely N-dealkylation sites (tertiary alicyclic amines) is 1. The second kappa shape index (κ2) is 6.98. The van der Waals surface area contributed by atoms with Gasteiger partial charge in [0, 0.05) is 28.3 Å². The third-order valence-electron chi connectivity index (χ3n) is 3.52. The number of benzene rings is 1. The molecule has 1 saturated heterocycles. The van der Waals surface area contributed by atoms with Crippen molar-refractivity contribution < 1.29 is 14.7 Å². The van der Waals surface area contributed by atoms with E-state index in [9.17, 15) is 9.59 Å². The van der Waals surface area contributed by atoms with Crippen LogP contribution in [-0.2, 0) is 4.79 Å². The summed E-state index contributed by atoms with van der Waals surface area (Å²) in [7, 11) is 0. The number of rotatable bonds is 5. The molecule has 1 atom stereocenters. The molecular weight excluding hydrogens is 286 g/mol. The first-order valence-corrected chi connectivity index (χ1v) is 8.15. The van der Waals surface area contributed by atoms with Crippen LogP contribution < -0.4 is 0 Å². The summed E-state index contributed by atoms with van der Waals surface area (Å²) in [5.41, 5.74) is 0.639. The first-order valence-electron chi connectivity index (χ1n) is 7.27. The van der Waals surface area contributed by atoms with Gasteiger partial charge >= 0.3 is 5.97 Å². The molecule has 1 aromatic carbocycles. The maximum absolute atomic E-state index is 12.5. The molecule has 1 fully saturated rings. The first kappa shape index (κ1) is 15.9. The average molecular weight is 307 g/mol. The molecule has 0 radical (unpaired) electrons. The van der Waals surface area contributed by atoms with Crippen molar-refractivity contribution in [3.05, 3.63) is 29.8 Å². The fourth-order valence-electron chi connectivity index (χ4n) is 2.63. The van der Waals surface area contributed by atoms with Crippen LogP contribution in [0.5, 0.6) is 0 Å². The molecule has 1 aliphatic rings. The zero-order valence-electron chi connectivity index (χ0n) is 12.4. The second-order valence-electron chi connectivity index (χ2n) is 5.58. The Labute approximate surface area is 129 Å². The summed E-state index contributed by atoms with van der Waals surface area (Å²) in [5.74, 6) is -0.900. The number of carbonyl (C=O) groups is 2. The van der Waals surface area contributed by atoms with E-state index in [0.717, 1.165) is 17.7 Å². The number of carboxylic acid groups (broad SMARTS) is 1. The molecule has 0 spiro atoms. The normalized spacial score (nSPS) is 18.2. The number of hydrogen-bond donors (Lipinski definition) is 1. The largest absolute Gasteiger partial charge is 0.481 e. The predicted octanol–water partition coefficient (Wildman–Crippen LogP) is 3.27. The van der Waals surface area contributed by atoms with E-state index in [0.29, 0.717) is 17.4 Å². The minimum atomic E-state index is -0.844. The summed E-state index contributed by atoms with van der Waals surface area (Å²) in [6.45, 7) is 4.91. The van der Waals surface area contributed by atoms with Crippen molar-refractivity contribution in [1.29, 1.82) is 0 Å². The summed E-state index contributed by atoms with van der Waals surface area (Å²) in [5, 5.41) is 9.43. The van der Waals surface area contributed by atoms with Crippen LogP contribution in [0.1, 0.15) is 43.5 Å². The van der Waals surface area contributed by atoms with E-state index in [1.165, 1.54) is 0 Å². The molecule has 1 aliphatic heterocycles. The van der Waals surface area contributed by atoms with Gasteiger partial charge in [0.1, 0.15) is 0 Å². The van der Waals surface area contributed by atoms with Gasteiger partial charge in [0.05, 0.1) is 6.42 Å². The van der Waals surface area contributed by atoms with Crippen LogP contribution in [0.15, 0.2) is 29.2 Å². The van der Waals surface area contributed by atoms with Crippen molar-refractivity contribution in [2.45, 2.75) is 49.3 Å². The van der Waals surface area contributed by atoms with Crippen LogP contribution in [0.3, 0.4) is 0 Å². The highest BCUT2D eigenvalue weighted by atomic mass is 32.2. The first-order chi connectivity index (χ1) is 9.97. The Morgan fingerprint density at radius 1 is 1.33 bits per heavy atom. The lowest BCUT2D eigenvalue weighted by molar-refractivity contribution is -0.137. The Morgan fingerprint density at radius 2 is 2.00 bits per heavy atom. The fraction of sp³-hybridized carbons (Fsp3) is 0.500. The summed E-state index contributed by atoms with van der Waals surface area (Å²) >= 11 is 1.76. The van der Waals surface area contributed by atoms with Gasteiger partial charge in [0.25, 0.3) is 5.91 Å². The smallest absolute Gasteiger partial charge is 0.305 e. The van der Waals surface area contributed by atoms with E-state index < -0.39 is 5.97 Å². The van der Waals surface area contributed by atoms with E-state index in [1.54, 1.807) is 16.7 Å². The highest BCUT2D eigenvalue weighted by Crippen LogP contribution is 2.25. The van der Waals surface area contributed by atoms with Gasteiger partial charge in [-0.1, -0.05) is 13.8 Å². The van der Waals surface area contributed by atoms with Crippen LogP contribution in [0.2, 0.25) is 0 Å². The molecule has 2 rings (SSSR count). The van der Waals surface area contributed by atoms with E-state index in [2.05, 4.69) is 13.8 Å². The Morgan fingerprint density at radius 3 is 2.57 bits per heavy atom. The minimum Gasteiger partial charge on any atom is -0.481 e. The van der Waals surface area contributed by atoms with Crippen LogP contribution >= 0.6 is 11.8 Å². The van der Waals surface area contributed by atoms with Crippen molar-refractivity contribution in [2.24, 2.45) is 0 Å². The third kappa shape index (κ3) is 4.24. The maximum Gasteiger partial charge on any atom is 0.305 e. The number of thioether (sulfide) groups is 1. The quantitative estimate of drug-likeness (QED) is 0.848. The van der Waals surface area contributed by atoms with Gasteiger partial charge in [0.15, 0.2) is 0 Å². The van der Waals surface area contributed by atoms with E-state index in [1.807, 2.05) is 24.3 Å². The zero-order valence-corrected chi connectivity index (χ0v) is 13.2. The molecule has 1 heterocycles. The van der Waals surface area contributed by atoms with Gasteiger partial charge in [-0.05, 0) is 37.1 Å². The Hall–Kier alpha value is -1.49. The van der Waals surface area contributed by atoms with Gasteiger partial charge in [-0.25, -0.2) is 0 Å². The Balaban J connectivity index is 2.06. The standard InChI is InChI=1S/C16H21NO3S/c1-11(2)21-14-7-5-12(6-8-14)16(20)17-9-3-4-13(17)10-15(18)19/h5-8,11,13H,3-4,9-10H2,1-2H3,(H,18,19). The number of aliphatic carboxylic acids is 1. The number of amides is 1. The highest BCUT2D eigenvalue weighted by Gasteiger charge is 2.30. The van der Waals surface area contributed by atoms with Crippen LogP contribution in [0, 0.1) is 0 Å². The molecule has 1 amide bonds. The van der Waals surface area contributed by atoms with Crippen molar-refractivity contribution in [2.75, 3.05) is 6.54 Å². The molecular formula is C16H21NO3S. The lowest BCUT2D eigenvalue weighted by Gasteiger charge is -2.23. The van der Waals surface area contributed by atoms with Gasteiger partial charge in [-0.3, -0.25) is 9.59 Å². The summed E-state index contributed by atoms with van der Waals surface area (Å²) in [6, 6.07) is 7.42. The van der Waals surface area contributed by atoms with Crippen LogP contribution in [-0.4, -0.2) is 39.7 Å². The molecule has 4 nitrogen and oxygen atoms in total. The van der Waals surface area contributed by atoms with Gasteiger partial charge in [-0.15, -0.1) is 11.8 Å². The van der Waals surface area contributed by atoms with Crippen molar-refractivity contribution in [3.8, 4) is 0 Å². The summed E-state index contributed by atoms with van der Waals surface area (Å²) < 4.78 is 0. The maximum atomic E-state index is 12.5. The van der Waals surface area contributed by atoms with Crippen molar-refractivity contribution in [1.82, 2.24) is 4.90 Å². The van der Waals surface area contributed by atoms with Gasteiger partial charge in [0.2, 0.25) is 0 Å². The van der Waals surface area contributed by atoms with Crippen LogP contribution in [0.4, 0.5) is 0 Å². The fourth-order valence-corrected chi connectivity index (χ4v) is 3.47. The monoisotopic (exact) mass is 307 g/mol.